The SMILES string of the molecule is NC(=O)NCCC(=O)NCCC(=O)N1CCCc2ccccc21. The Balaban J connectivity index is 1.75. The quantitative estimate of drug-likeness (QED) is 0.712. The van der Waals surface area contributed by atoms with Gasteiger partial charge in [-0.15, -0.1) is 0 Å². The molecule has 0 atom stereocenters. The van der Waals surface area contributed by atoms with Crippen LogP contribution in [0, 0.1) is 0 Å². The zero-order chi connectivity index (χ0) is 16.7. The van der Waals surface area contributed by atoms with E-state index in [9.17, 15) is 14.4 Å². The zero-order valence-corrected chi connectivity index (χ0v) is 13.0. The Morgan fingerprint density at radius 2 is 1.83 bits per heavy atom. The summed E-state index contributed by atoms with van der Waals surface area (Å²) >= 11 is 0. The average Bonchev–Trinajstić information content (AvgIpc) is 2.54. The largest absolute Gasteiger partial charge is 0.356 e. The van der Waals surface area contributed by atoms with Crippen LogP contribution < -0.4 is 21.3 Å². The average molecular weight is 318 g/mol. The topological polar surface area (TPSA) is 105 Å². The lowest BCUT2D eigenvalue weighted by Gasteiger charge is -2.29. The third kappa shape index (κ3) is 4.98. The maximum absolute atomic E-state index is 12.3. The number of primary amides is 1. The molecule has 0 fully saturated rings. The normalized spacial score (nSPS) is 13.1. The molecule has 0 radical (unpaired) electrons. The number of rotatable bonds is 6. The number of nitrogens with one attached hydrogen (secondary N) is 2. The fourth-order valence-corrected chi connectivity index (χ4v) is 2.62. The lowest BCUT2D eigenvalue weighted by Crippen LogP contribution is -2.38. The van der Waals surface area contributed by atoms with E-state index in [1.54, 1.807) is 4.90 Å². The molecule has 1 aliphatic rings. The second-order valence-electron chi connectivity index (χ2n) is 5.42. The number of carbonyl (C=O) groups excluding carboxylic acids is 3. The number of urea groups is 1. The fourth-order valence-electron chi connectivity index (χ4n) is 2.62. The summed E-state index contributed by atoms with van der Waals surface area (Å²) in [6.45, 7) is 1.19. The second-order valence-corrected chi connectivity index (χ2v) is 5.42. The first-order chi connectivity index (χ1) is 11.1. The van der Waals surface area contributed by atoms with E-state index < -0.39 is 6.03 Å². The summed E-state index contributed by atoms with van der Waals surface area (Å²) in [5.74, 6) is -0.210. The van der Waals surface area contributed by atoms with Gasteiger partial charge in [0.2, 0.25) is 11.8 Å². The van der Waals surface area contributed by atoms with Gasteiger partial charge in [-0.2, -0.15) is 0 Å². The molecule has 2 rings (SSSR count). The highest BCUT2D eigenvalue weighted by Crippen LogP contribution is 2.26. The molecule has 1 aromatic carbocycles. The van der Waals surface area contributed by atoms with Crippen molar-refractivity contribution in [3.63, 3.8) is 0 Å². The highest BCUT2D eigenvalue weighted by atomic mass is 16.2. The minimum Gasteiger partial charge on any atom is -0.356 e. The van der Waals surface area contributed by atoms with Crippen molar-refractivity contribution in [1.29, 1.82) is 0 Å². The van der Waals surface area contributed by atoms with E-state index in [1.807, 2.05) is 24.3 Å². The molecule has 0 spiro atoms. The summed E-state index contributed by atoms with van der Waals surface area (Å²) in [4.78, 5) is 36.2. The maximum atomic E-state index is 12.3. The van der Waals surface area contributed by atoms with Crippen molar-refractivity contribution < 1.29 is 14.4 Å². The fraction of sp³-hybridized carbons (Fsp3) is 0.438. The maximum Gasteiger partial charge on any atom is 0.312 e. The number of anilines is 1. The molecule has 0 aromatic heterocycles. The van der Waals surface area contributed by atoms with Gasteiger partial charge in [0.25, 0.3) is 0 Å². The number of hydrogen-bond acceptors (Lipinski definition) is 3. The number of aryl methyl sites for hydroxylation is 1. The van der Waals surface area contributed by atoms with Crippen molar-refractivity contribution in [2.75, 3.05) is 24.5 Å². The van der Waals surface area contributed by atoms with Crippen LogP contribution in [0.5, 0.6) is 0 Å². The molecule has 1 heterocycles. The molecule has 1 aromatic rings. The first-order valence-electron chi connectivity index (χ1n) is 7.76. The summed E-state index contributed by atoms with van der Waals surface area (Å²) in [5.41, 5.74) is 7.07. The molecule has 0 saturated heterocycles. The van der Waals surface area contributed by atoms with Crippen LogP contribution in [-0.2, 0) is 16.0 Å². The van der Waals surface area contributed by atoms with E-state index in [1.165, 1.54) is 5.56 Å². The number of fused-ring (bicyclic) bond motifs is 1. The summed E-state index contributed by atoms with van der Waals surface area (Å²) < 4.78 is 0. The third-order valence-corrected chi connectivity index (χ3v) is 3.72. The highest BCUT2D eigenvalue weighted by molar-refractivity contribution is 5.94. The number of benzene rings is 1. The predicted molar refractivity (Wildman–Crippen MR) is 86.9 cm³/mol. The molecule has 1 aliphatic heterocycles. The van der Waals surface area contributed by atoms with Gasteiger partial charge in [-0.1, -0.05) is 18.2 Å². The Labute approximate surface area is 135 Å². The van der Waals surface area contributed by atoms with E-state index in [-0.39, 0.29) is 37.7 Å². The molecule has 0 bridgehead atoms. The predicted octanol–water partition coefficient (Wildman–Crippen LogP) is 0.531. The summed E-state index contributed by atoms with van der Waals surface area (Å²) in [6, 6.07) is 7.25. The molecule has 4 amide bonds. The molecule has 4 N–H and O–H groups in total. The Morgan fingerprint density at radius 1 is 1.09 bits per heavy atom. The molecule has 0 saturated carbocycles. The second kappa shape index (κ2) is 8.17. The van der Waals surface area contributed by atoms with Crippen molar-refractivity contribution in [2.24, 2.45) is 5.73 Å². The van der Waals surface area contributed by atoms with Gasteiger partial charge in [-0.25, -0.2) is 4.79 Å². The molecule has 7 heteroatoms. The van der Waals surface area contributed by atoms with Gasteiger partial charge < -0.3 is 21.3 Å². The molecular weight excluding hydrogens is 296 g/mol. The molecule has 124 valence electrons. The Morgan fingerprint density at radius 3 is 2.61 bits per heavy atom. The highest BCUT2D eigenvalue weighted by Gasteiger charge is 2.21. The smallest absolute Gasteiger partial charge is 0.312 e. The lowest BCUT2D eigenvalue weighted by molar-refractivity contribution is -0.121. The third-order valence-electron chi connectivity index (χ3n) is 3.72. The van der Waals surface area contributed by atoms with Crippen LogP contribution in [0.3, 0.4) is 0 Å². The minimum absolute atomic E-state index is 0.00714. The lowest BCUT2D eigenvalue weighted by atomic mass is 10.0. The van der Waals surface area contributed by atoms with Gasteiger partial charge in [0.15, 0.2) is 0 Å². The zero-order valence-electron chi connectivity index (χ0n) is 13.0. The van der Waals surface area contributed by atoms with Crippen LogP contribution >= 0.6 is 0 Å². The first kappa shape index (κ1) is 16.8. The molecule has 7 nitrogen and oxygen atoms in total. The van der Waals surface area contributed by atoms with E-state index in [0.717, 1.165) is 18.5 Å². The van der Waals surface area contributed by atoms with Gasteiger partial charge in [0.05, 0.1) is 0 Å². The van der Waals surface area contributed by atoms with Crippen LogP contribution in [0.1, 0.15) is 24.8 Å². The van der Waals surface area contributed by atoms with Crippen molar-refractivity contribution in [3.05, 3.63) is 29.8 Å². The summed E-state index contributed by atoms with van der Waals surface area (Å²) in [5, 5.41) is 5.01. The van der Waals surface area contributed by atoms with Crippen molar-refractivity contribution in [3.8, 4) is 0 Å². The van der Waals surface area contributed by atoms with Crippen LogP contribution in [-0.4, -0.2) is 37.5 Å². The van der Waals surface area contributed by atoms with E-state index in [2.05, 4.69) is 10.6 Å². The van der Waals surface area contributed by atoms with Gasteiger partial charge >= 0.3 is 6.03 Å². The van der Waals surface area contributed by atoms with Crippen LogP contribution in [0.4, 0.5) is 10.5 Å². The van der Waals surface area contributed by atoms with Gasteiger partial charge in [-0.3, -0.25) is 9.59 Å². The van der Waals surface area contributed by atoms with Crippen LogP contribution in [0.2, 0.25) is 0 Å². The number of nitrogens with zero attached hydrogens (tertiary/aromatic N) is 1. The molecule has 0 aliphatic carbocycles. The van der Waals surface area contributed by atoms with Gasteiger partial charge in [0.1, 0.15) is 0 Å². The molecular formula is C16H22N4O3. The minimum atomic E-state index is -0.656. The van der Waals surface area contributed by atoms with Gasteiger partial charge in [-0.05, 0) is 24.5 Å². The number of para-hydroxylation sites is 1. The van der Waals surface area contributed by atoms with Gasteiger partial charge in [0, 0.05) is 38.2 Å². The number of nitrogens with two attached hydrogens (primary N) is 1. The van der Waals surface area contributed by atoms with Crippen LogP contribution in [0.25, 0.3) is 0 Å². The number of hydrogen-bond donors (Lipinski definition) is 3. The van der Waals surface area contributed by atoms with Crippen molar-refractivity contribution in [1.82, 2.24) is 10.6 Å². The van der Waals surface area contributed by atoms with E-state index in [4.69, 9.17) is 5.73 Å². The first-order valence-corrected chi connectivity index (χ1v) is 7.76. The van der Waals surface area contributed by atoms with Crippen molar-refractivity contribution >= 4 is 23.5 Å². The summed E-state index contributed by atoms with van der Waals surface area (Å²) in [7, 11) is 0. The van der Waals surface area contributed by atoms with E-state index in [0.29, 0.717) is 6.54 Å². The Kier molecular flexibility index (Phi) is 5.96. The Hall–Kier alpha value is -2.57. The Bertz CT molecular complexity index is 588. The standard InChI is InChI=1S/C16H22N4O3/c17-16(23)19-9-7-14(21)18-10-8-15(22)20-11-3-5-12-4-1-2-6-13(12)20/h1-2,4,6H,3,5,7-11H2,(H,18,21)(H3,17,19,23). The van der Waals surface area contributed by atoms with Crippen LogP contribution in [0.15, 0.2) is 24.3 Å². The van der Waals surface area contributed by atoms with E-state index >= 15 is 0 Å². The molecule has 0 unspecified atom stereocenters. The summed E-state index contributed by atoms with van der Waals surface area (Å²) in [6.07, 6.45) is 2.34. The van der Waals surface area contributed by atoms with Crippen molar-refractivity contribution in [2.45, 2.75) is 25.7 Å². The molecule has 23 heavy (non-hydrogen) atoms. The monoisotopic (exact) mass is 318 g/mol. The number of amides is 4. The number of carbonyl (C=O) groups is 3.